The van der Waals surface area contributed by atoms with Crippen LogP contribution in [0.25, 0.3) is 17.2 Å². The van der Waals surface area contributed by atoms with E-state index in [0.717, 1.165) is 48.1 Å². The highest BCUT2D eigenvalue weighted by Crippen LogP contribution is 2.34. The molecule has 0 aromatic heterocycles. The third kappa shape index (κ3) is 7.54. The third-order valence-electron chi connectivity index (χ3n) is 5.32. The third-order valence-corrected chi connectivity index (χ3v) is 5.32. The predicted molar refractivity (Wildman–Crippen MR) is 136 cm³/mol. The topological polar surface area (TPSA) is 77.1 Å². The molecule has 0 atom stereocenters. The number of hydrogen-bond donors (Lipinski definition) is 1. The second-order valence-electron chi connectivity index (χ2n) is 7.86. The highest BCUT2D eigenvalue weighted by Gasteiger charge is 2.15. The van der Waals surface area contributed by atoms with E-state index in [-0.39, 0.29) is 11.8 Å². The SMILES string of the molecule is CCCCNC(=O)N(C)c1cccc(-c2ccc(C=C(OC)C(=O)OC)cc2OCCCC)c1. The van der Waals surface area contributed by atoms with Gasteiger partial charge in [0, 0.05) is 24.8 Å². The molecule has 0 saturated carbocycles. The van der Waals surface area contributed by atoms with Gasteiger partial charge < -0.3 is 19.5 Å². The van der Waals surface area contributed by atoms with E-state index in [1.807, 2.05) is 42.5 Å². The fraction of sp³-hybridized carbons (Fsp3) is 0.407. The molecule has 0 bridgehead atoms. The number of methoxy groups -OCH3 is 2. The van der Waals surface area contributed by atoms with Gasteiger partial charge in [-0.3, -0.25) is 4.90 Å². The number of amides is 2. The number of urea groups is 1. The van der Waals surface area contributed by atoms with E-state index >= 15 is 0 Å². The minimum absolute atomic E-state index is 0.104. The van der Waals surface area contributed by atoms with Crippen molar-refractivity contribution in [3.05, 3.63) is 53.8 Å². The predicted octanol–water partition coefficient (Wildman–Crippen LogP) is 5.64. The van der Waals surface area contributed by atoms with Gasteiger partial charge in [-0.15, -0.1) is 0 Å². The molecule has 2 amide bonds. The van der Waals surface area contributed by atoms with Gasteiger partial charge in [-0.1, -0.05) is 51.0 Å². The van der Waals surface area contributed by atoms with Gasteiger partial charge >= 0.3 is 12.0 Å². The van der Waals surface area contributed by atoms with Crippen molar-refractivity contribution in [2.45, 2.75) is 39.5 Å². The van der Waals surface area contributed by atoms with Gasteiger partial charge in [0.05, 0.1) is 20.8 Å². The average molecular weight is 469 g/mol. The molecular formula is C27H36N2O5. The van der Waals surface area contributed by atoms with Crippen LogP contribution in [0, 0.1) is 0 Å². The first-order chi connectivity index (χ1) is 16.4. The Labute approximate surface area is 202 Å². The lowest BCUT2D eigenvalue weighted by atomic mass is 10.0. The fourth-order valence-corrected chi connectivity index (χ4v) is 3.26. The number of esters is 1. The van der Waals surface area contributed by atoms with Gasteiger partial charge in [0.25, 0.3) is 0 Å². The highest BCUT2D eigenvalue weighted by molar-refractivity contribution is 5.93. The summed E-state index contributed by atoms with van der Waals surface area (Å²) in [5, 5.41) is 2.94. The molecule has 34 heavy (non-hydrogen) atoms. The maximum absolute atomic E-state index is 12.5. The zero-order valence-corrected chi connectivity index (χ0v) is 20.8. The quantitative estimate of drug-likeness (QED) is 0.189. The summed E-state index contributed by atoms with van der Waals surface area (Å²) >= 11 is 0. The Morgan fingerprint density at radius 3 is 2.44 bits per heavy atom. The van der Waals surface area contributed by atoms with E-state index in [2.05, 4.69) is 19.2 Å². The lowest BCUT2D eigenvalue weighted by molar-refractivity contribution is -0.139. The van der Waals surface area contributed by atoms with Crippen molar-refractivity contribution in [3.63, 3.8) is 0 Å². The first kappa shape index (κ1) is 26.8. The summed E-state index contributed by atoms with van der Waals surface area (Å²) in [5.74, 6) is 0.246. The van der Waals surface area contributed by atoms with Crippen LogP contribution >= 0.6 is 0 Å². The molecular weight excluding hydrogens is 432 g/mol. The lowest BCUT2D eigenvalue weighted by Crippen LogP contribution is -2.37. The summed E-state index contributed by atoms with van der Waals surface area (Å²) in [6.45, 7) is 5.42. The van der Waals surface area contributed by atoms with Crippen molar-refractivity contribution in [1.29, 1.82) is 0 Å². The Morgan fingerprint density at radius 2 is 1.76 bits per heavy atom. The van der Waals surface area contributed by atoms with Crippen molar-refractivity contribution in [3.8, 4) is 16.9 Å². The second-order valence-corrected chi connectivity index (χ2v) is 7.86. The molecule has 0 unspecified atom stereocenters. The molecule has 7 heteroatoms. The van der Waals surface area contributed by atoms with Gasteiger partial charge in [-0.25, -0.2) is 9.59 Å². The van der Waals surface area contributed by atoms with Crippen molar-refractivity contribution in [2.24, 2.45) is 0 Å². The number of nitrogens with one attached hydrogen (secondary N) is 1. The molecule has 2 aromatic carbocycles. The number of carbonyl (C=O) groups excluding carboxylic acids is 2. The average Bonchev–Trinajstić information content (AvgIpc) is 2.86. The number of carbonyl (C=O) groups is 2. The standard InChI is InChI=1S/C27H36N2O5/c1-6-8-15-28-27(31)29(3)22-12-10-11-21(19-22)23-14-13-20(17-24(23)34-16-9-7-2)18-25(32-4)26(30)33-5/h10-14,17-19H,6-9,15-16H2,1-5H3,(H,28,31). The van der Waals surface area contributed by atoms with E-state index in [9.17, 15) is 9.59 Å². The Kier molecular flexibility index (Phi) is 11.0. The number of nitrogens with zero attached hydrogens (tertiary/aromatic N) is 1. The van der Waals surface area contributed by atoms with Crippen LogP contribution in [0.1, 0.15) is 45.1 Å². The van der Waals surface area contributed by atoms with Crippen LogP contribution in [0.4, 0.5) is 10.5 Å². The molecule has 0 fully saturated rings. The van der Waals surface area contributed by atoms with Gasteiger partial charge in [-0.2, -0.15) is 0 Å². The van der Waals surface area contributed by atoms with Gasteiger partial charge in [-0.05, 0) is 48.2 Å². The minimum Gasteiger partial charge on any atom is -0.493 e. The zero-order chi connectivity index (χ0) is 24.9. The Bertz CT molecular complexity index is 987. The molecule has 0 aliphatic rings. The number of unbranched alkanes of at least 4 members (excludes halogenated alkanes) is 2. The van der Waals surface area contributed by atoms with Crippen LogP contribution in [-0.4, -0.2) is 46.4 Å². The molecule has 0 radical (unpaired) electrons. The van der Waals surface area contributed by atoms with Crippen molar-refractivity contribution >= 4 is 23.8 Å². The maximum Gasteiger partial charge on any atom is 0.373 e. The van der Waals surface area contributed by atoms with E-state index in [0.29, 0.717) is 18.9 Å². The number of anilines is 1. The fourth-order valence-electron chi connectivity index (χ4n) is 3.26. The lowest BCUT2D eigenvalue weighted by Gasteiger charge is -2.19. The van der Waals surface area contributed by atoms with Crippen molar-refractivity contribution < 1.29 is 23.8 Å². The summed E-state index contributed by atoms with van der Waals surface area (Å²) in [6.07, 6.45) is 5.52. The highest BCUT2D eigenvalue weighted by atomic mass is 16.6. The summed E-state index contributed by atoms with van der Waals surface area (Å²) in [6, 6.07) is 13.3. The molecule has 0 aliphatic carbocycles. The molecule has 0 heterocycles. The molecule has 0 aliphatic heterocycles. The first-order valence-electron chi connectivity index (χ1n) is 11.7. The monoisotopic (exact) mass is 468 g/mol. The normalized spacial score (nSPS) is 11.0. The molecule has 1 N–H and O–H groups in total. The maximum atomic E-state index is 12.5. The molecule has 2 rings (SSSR count). The molecule has 0 spiro atoms. The number of benzene rings is 2. The number of ether oxygens (including phenoxy) is 3. The van der Waals surface area contributed by atoms with E-state index in [4.69, 9.17) is 14.2 Å². The zero-order valence-electron chi connectivity index (χ0n) is 20.8. The van der Waals surface area contributed by atoms with Gasteiger partial charge in [0.1, 0.15) is 5.75 Å². The number of hydrogen-bond acceptors (Lipinski definition) is 5. The van der Waals surface area contributed by atoms with Gasteiger partial charge in [0.2, 0.25) is 5.76 Å². The summed E-state index contributed by atoms with van der Waals surface area (Å²) < 4.78 is 16.0. The van der Waals surface area contributed by atoms with Gasteiger partial charge in [0.15, 0.2) is 0 Å². The first-order valence-corrected chi connectivity index (χ1v) is 11.7. The summed E-state index contributed by atoms with van der Waals surface area (Å²) in [7, 11) is 4.49. The smallest absolute Gasteiger partial charge is 0.373 e. The number of rotatable bonds is 12. The Balaban J connectivity index is 2.39. The molecule has 184 valence electrons. The van der Waals surface area contributed by atoms with Crippen molar-refractivity contribution in [1.82, 2.24) is 5.32 Å². The Morgan fingerprint density at radius 1 is 1.00 bits per heavy atom. The second kappa shape index (κ2) is 13.9. The van der Waals surface area contributed by atoms with E-state index < -0.39 is 5.97 Å². The Hall–Kier alpha value is -3.48. The van der Waals surface area contributed by atoms with Crippen LogP contribution < -0.4 is 15.0 Å². The summed E-state index contributed by atoms with van der Waals surface area (Å²) in [5.41, 5.74) is 3.35. The minimum atomic E-state index is -0.548. The van der Waals surface area contributed by atoms with Crippen LogP contribution in [0.2, 0.25) is 0 Å². The van der Waals surface area contributed by atoms with Crippen LogP contribution in [0.15, 0.2) is 48.2 Å². The summed E-state index contributed by atoms with van der Waals surface area (Å²) in [4.78, 5) is 26.0. The van der Waals surface area contributed by atoms with Crippen molar-refractivity contribution in [2.75, 3.05) is 39.3 Å². The van der Waals surface area contributed by atoms with Crippen LogP contribution in [0.3, 0.4) is 0 Å². The molecule has 0 saturated heterocycles. The molecule has 2 aromatic rings. The molecule has 7 nitrogen and oxygen atoms in total. The van der Waals surface area contributed by atoms with E-state index in [1.54, 1.807) is 18.0 Å². The van der Waals surface area contributed by atoms with Crippen LogP contribution in [-0.2, 0) is 14.3 Å². The largest absolute Gasteiger partial charge is 0.493 e. The van der Waals surface area contributed by atoms with Crippen LogP contribution in [0.5, 0.6) is 5.75 Å². The van der Waals surface area contributed by atoms with E-state index in [1.165, 1.54) is 14.2 Å².